The van der Waals surface area contributed by atoms with E-state index < -0.39 is 0 Å². The van der Waals surface area contributed by atoms with Gasteiger partial charge in [0.15, 0.2) is 0 Å². The second-order valence-electron chi connectivity index (χ2n) is 3.87. The molecule has 2 unspecified atom stereocenters. The maximum absolute atomic E-state index is 4.21. The van der Waals surface area contributed by atoms with Crippen molar-refractivity contribution in [2.45, 2.75) is 31.1 Å². The zero-order chi connectivity index (χ0) is 10.5. The van der Waals surface area contributed by atoms with Crippen LogP contribution in [0.2, 0.25) is 0 Å². The van der Waals surface area contributed by atoms with Gasteiger partial charge < -0.3 is 5.32 Å². The first-order valence-corrected chi connectivity index (χ1v) is 6.71. The van der Waals surface area contributed by atoms with Crippen molar-refractivity contribution in [2.24, 2.45) is 0 Å². The van der Waals surface area contributed by atoms with Crippen LogP contribution in [0, 0.1) is 0 Å². The second-order valence-corrected chi connectivity index (χ2v) is 5.22. The topological polar surface area (TPSA) is 24.9 Å². The standard InChI is InChI=1S/C12H18N2S/c1-2-14-12(11-6-4-8-15-11)10-5-3-7-13-9-10/h3,5,7,9,11-12,14H,2,4,6,8H2,1H3. The molecule has 1 N–H and O–H groups in total. The molecule has 2 atom stereocenters. The van der Waals surface area contributed by atoms with E-state index >= 15 is 0 Å². The summed E-state index contributed by atoms with van der Waals surface area (Å²) in [5.41, 5.74) is 1.33. The average molecular weight is 222 g/mol. The second kappa shape index (κ2) is 5.52. The molecule has 0 saturated carbocycles. The van der Waals surface area contributed by atoms with Crippen molar-refractivity contribution in [2.75, 3.05) is 12.3 Å². The molecule has 0 spiro atoms. The molecular formula is C12H18N2S. The third-order valence-electron chi connectivity index (χ3n) is 2.80. The summed E-state index contributed by atoms with van der Waals surface area (Å²) in [6.45, 7) is 3.19. The maximum atomic E-state index is 4.21. The molecule has 1 aromatic heterocycles. The summed E-state index contributed by atoms with van der Waals surface area (Å²) >= 11 is 2.09. The van der Waals surface area contributed by atoms with E-state index in [0.29, 0.717) is 6.04 Å². The number of hydrogen-bond acceptors (Lipinski definition) is 3. The zero-order valence-electron chi connectivity index (χ0n) is 9.15. The van der Waals surface area contributed by atoms with Crippen molar-refractivity contribution in [3.05, 3.63) is 30.1 Å². The van der Waals surface area contributed by atoms with Crippen molar-refractivity contribution in [1.82, 2.24) is 10.3 Å². The van der Waals surface area contributed by atoms with Gasteiger partial charge in [0.25, 0.3) is 0 Å². The molecule has 0 aromatic carbocycles. The number of hydrogen-bond donors (Lipinski definition) is 1. The molecule has 0 bridgehead atoms. The molecule has 0 radical (unpaired) electrons. The van der Waals surface area contributed by atoms with E-state index in [2.05, 4.69) is 35.1 Å². The van der Waals surface area contributed by atoms with Crippen LogP contribution in [-0.4, -0.2) is 22.5 Å². The minimum absolute atomic E-state index is 0.483. The fourth-order valence-corrected chi connectivity index (χ4v) is 3.52. The van der Waals surface area contributed by atoms with Gasteiger partial charge in [0.05, 0.1) is 0 Å². The highest BCUT2D eigenvalue weighted by Gasteiger charge is 2.26. The van der Waals surface area contributed by atoms with Gasteiger partial charge in [0.1, 0.15) is 0 Å². The van der Waals surface area contributed by atoms with Crippen LogP contribution >= 0.6 is 11.8 Å². The summed E-state index contributed by atoms with van der Waals surface area (Å²) in [6.07, 6.45) is 6.52. The van der Waals surface area contributed by atoms with Crippen LogP contribution in [0.1, 0.15) is 31.4 Å². The molecule has 0 aliphatic carbocycles. The summed E-state index contributed by atoms with van der Waals surface area (Å²) < 4.78 is 0. The van der Waals surface area contributed by atoms with Crippen molar-refractivity contribution in [3.8, 4) is 0 Å². The Morgan fingerprint density at radius 2 is 2.60 bits per heavy atom. The first kappa shape index (κ1) is 11.0. The molecule has 2 rings (SSSR count). The number of rotatable bonds is 4. The SMILES string of the molecule is CCNC(c1cccnc1)C1CCCS1. The third kappa shape index (κ3) is 2.73. The molecule has 0 amide bonds. The van der Waals surface area contributed by atoms with E-state index in [9.17, 15) is 0 Å². The van der Waals surface area contributed by atoms with E-state index in [4.69, 9.17) is 0 Å². The Morgan fingerprint density at radius 3 is 3.20 bits per heavy atom. The lowest BCUT2D eigenvalue weighted by Gasteiger charge is -2.23. The quantitative estimate of drug-likeness (QED) is 0.847. The first-order valence-electron chi connectivity index (χ1n) is 5.66. The minimum atomic E-state index is 0.483. The van der Waals surface area contributed by atoms with Crippen LogP contribution in [0.5, 0.6) is 0 Å². The molecule has 1 aliphatic heterocycles. The zero-order valence-corrected chi connectivity index (χ0v) is 9.96. The van der Waals surface area contributed by atoms with Crippen LogP contribution in [-0.2, 0) is 0 Å². The van der Waals surface area contributed by atoms with Gasteiger partial charge in [0.2, 0.25) is 0 Å². The van der Waals surface area contributed by atoms with Gasteiger partial charge in [-0.1, -0.05) is 13.0 Å². The number of aromatic nitrogens is 1. The van der Waals surface area contributed by atoms with Crippen LogP contribution < -0.4 is 5.32 Å². The van der Waals surface area contributed by atoms with Crippen LogP contribution in [0.4, 0.5) is 0 Å². The molecule has 1 fully saturated rings. The number of thioether (sulfide) groups is 1. The number of nitrogens with zero attached hydrogens (tertiary/aromatic N) is 1. The Bertz CT molecular complexity index is 283. The van der Waals surface area contributed by atoms with Crippen molar-refractivity contribution in [1.29, 1.82) is 0 Å². The van der Waals surface area contributed by atoms with Gasteiger partial charge in [0, 0.05) is 23.7 Å². The molecule has 15 heavy (non-hydrogen) atoms. The van der Waals surface area contributed by atoms with Gasteiger partial charge in [-0.15, -0.1) is 0 Å². The van der Waals surface area contributed by atoms with Crippen molar-refractivity contribution >= 4 is 11.8 Å². The van der Waals surface area contributed by atoms with E-state index in [0.717, 1.165) is 11.8 Å². The van der Waals surface area contributed by atoms with Crippen LogP contribution in [0.25, 0.3) is 0 Å². The highest BCUT2D eigenvalue weighted by Crippen LogP contribution is 2.35. The van der Waals surface area contributed by atoms with Crippen molar-refractivity contribution < 1.29 is 0 Å². The molecule has 3 heteroatoms. The largest absolute Gasteiger partial charge is 0.309 e. The lowest BCUT2D eigenvalue weighted by Crippen LogP contribution is -2.28. The van der Waals surface area contributed by atoms with Crippen LogP contribution in [0.15, 0.2) is 24.5 Å². The van der Waals surface area contributed by atoms with Gasteiger partial charge >= 0.3 is 0 Å². The minimum Gasteiger partial charge on any atom is -0.309 e. The smallest absolute Gasteiger partial charge is 0.0455 e. The molecule has 1 aliphatic rings. The van der Waals surface area contributed by atoms with Gasteiger partial charge in [-0.2, -0.15) is 11.8 Å². The Balaban J connectivity index is 2.11. The maximum Gasteiger partial charge on any atom is 0.0455 e. The average Bonchev–Trinajstić information content (AvgIpc) is 2.80. The molecule has 82 valence electrons. The molecule has 2 nitrogen and oxygen atoms in total. The van der Waals surface area contributed by atoms with Gasteiger partial charge in [-0.25, -0.2) is 0 Å². The molecule has 1 aromatic rings. The normalized spacial score (nSPS) is 22.9. The highest BCUT2D eigenvalue weighted by molar-refractivity contribution is 8.00. The summed E-state index contributed by atoms with van der Waals surface area (Å²) in [7, 11) is 0. The third-order valence-corrected chi connectivity index (χ3v) is 4.26. The Labute approximate surface area is 95.9 Å². The molecule has 1 saturated heterocycles. The first-order chi connectivity index (χ1) is 7.42. The van der Waals surface area contributed by atoms with E-state index in [-0.39, 0.29) is 0 Å². The Hall–Kier alpha value is -0.540. The van der Waals surface area contributed by atoms with Gasteiger partial charge in [-0.05, 0) is 36.8 Å². The van der Waals surface area contributed by atoms with E-state index in [1.165, 1.54) is 24.2 Å². The molecule has 2 heterocycles. The fourth-order valence-electron chi connectivity index (χ4n) is 2.11. The lowest BCUT2D eigenvalue weighted by molar-refractivity contribution is 0.518. The summed E-state index contributed by atoms with van der Waals surface area (Å²) in [6, 6.07) is 4.69. The monoisotopic (exact) mass is 222 g/mol. The number of nitrogens with one attached hydrogen (secondary N) is 1. The summed E-state index contributed by atoms with van der Waals surface area (Å²) in [5.74, 6) is 1.31. The predicted octanol–water partition coefficient (Wildman–Crippen LogP) is 2.63. The fraction of sp³-hybridized carbons (Fsp3) is 0.583. The predicted molar refractivity (Wildman–Crippen MR) is 66.1 cm³/mol. The van der Waals surface area contributed by atoms with Gasteiger partial charge in [-0.3, -0.25) is 4.98 Å². The summed E-state index contributed by atoms with van der Waals surface area (Å²) in [4.78, 5) is 4.21. The van der Waals surface area contributed by atoms with Crippen molar-refractivity contribution in [3.63, 3.8) is 0 Å². The van der Waals surface area contributed by atoms with E-state index in [1.807, 2.05) is 18.5 Å². The van der Waals surface area contributed by atoms with E-state index in [1.54, 1.807) is 0 Å². The summed E-state index contributed by atoms with van der Waals surface area (Å²) in [5, 5.41) is 4.31. The Kier molecular flexibility index (Phi) is 4.03. The lowest BCUT2D eigenvalue weighted by atomic mass is 10.0. The Morgan fingerprint density at radius 1 is 1.67 bits per heavy atom. The highest BCUT2D eigenvalue weighted by atomic mass is 32.2. The van der Waals surface area contributed by atoms with Crippen LogP contribution in [0.3, 0.4) is 0 Å². The molecular weight excluding hydrogens is 204 g/mol. The number of pyridine rings is 1.